The monoisotopic (exact) mass is 767 g/mol. The van der Waals surface area contributed by atoms with Crippen molar-refractivity contribution >= 4 is 28.7 Å². The average Bonchev–Trinajstić information content (AvgIpc) is 3.55. The Hall–Kier alpha value is -5.53. The molecule has 2 N–H and O–H groups in total. The molecule has 5 unspecified atom stereocenters. The number of hydrogen-bond acceptors (Lipinski definition) is 8. The van der Waals surface area contributed by atoms with Crippen LogP contribution in [0.25, 0.3) is 27.8 Å². The fourth-order valence-electron chi connectivity index (χ4n) is 9.57. The van der Waals surface area contributed by atoms with Crippen molar-refractivity contribution in [3.63, 3.8) is 0 Å². The molecule has 292 valence electrons. The number of halogens is 3. The molecule has 1 amide bonds. The SMILES string of the molecule is Cc1cnccc1-n1cc(-c2ccc(C(=O)NC3(C(=O)O)C(C)CC4CC(C)CC3C4)c(C(F)(F)F)n2)c2ccc(OC3CCN(c4ncccn4)CC3)cc21. The first-order chi connectivity index (χ1) is 26.8. The summed E-state index contributed by atoms with van der Waals surface area (Å²) in [5, 5.41) is 13.9. The number of alkyl halides is 3. The number of ether oxygens (including phenoxy) is 1. The Morgan fingerprint density at radius 2 is 1.75 bits per heavy atom. The lowest BCUT2D eigenvalue weighted by Crippen LogP contribution is -2.66. The Morgan fingerprint density at radius 1 is 0.982 bits per heavy atom. The summed E-state index contributed by atoms with van der Waals surface area (Å²) >= 11 is 0. The highest BCUT2D eigenvalue weighted by Crippen LogP contribution is 2.50. The number of aliphatic carboxylic acids is 1. The number of carbonyl (C=O) groups excluding carboxylic acids is 1. The van der Waals surface area contributed by atoms with E-state index in [0.717, 1.165) is 49.7 Å². The van der Waals surface area contributed by atoms with Crippen molar-refractivity contribution in [3.8, 4) is 22.7 Å². The highest BCUT2D eigenvalue weighted by molar-refractivity contribution is 6.01. The second-order valence-electron chi connectivity index (χ2n) is 15.8. The van der Waals surface area contributed by atoms with Gasteiger partial charge in [0.05, 0.1) is 22.5 Å². The van der Waals surface area contributed by atoms with Gasteiger partial charge in [-0.2, -0.15) is 13.2 Å². The van der Waals surface area contributed by atoms with E-state index in [-0.39, 0.29) is 17.7 Å². The molecule has 2 bridgehead atoms. The molecule has 3 fully saturated rings. The fourth-order valence-corrected chi connectivity index (χ4v) is 9.57. The Bertz CT molecular complexity index is 2270. The molecule has 5 aromatic rings. The van der Waals surface area contributed by atoms with Gasteiger partial charge >= 0.3 is 12.1 Å². The average molecular weight is 768 g/mol. The lowest BCUT2D eigenvalue weighted by Gasteiger charge is -2.52. The highest BCUT2D eigenvalue weighted by atomic mass is 19.4. The van der Waals surface area contributed by atoms with Crippen molar-refractivity contribution in [2.75, 3.05) is 18.0 Å². The van der Waals surface area contributed by atoms with Gasteiger partial charge < -0.3 is 24.6 Å². The van der Waals surface area contributed by atoms with Gasteiger partial charge in [0.1, 0.15) is 17.4 Å². The second-order valence-corrected chi connectivity index (χ2v) is 15.8. The number of amides is 1. The minimum absolute atomic E-state index is 0.0106. The van der Waals surface area contributed by atoms with Crippen molar-refractivity contribution in [3.05, 3.63) is 90.3 Å². The molecule has 5 heterocycles. The molecule has 14 heteroatoms. The van der Waals surface area contributed by atoms with Crippen molar-refractivity contribution in [2.24, 2.45) is 23.7 Å². The third kappa shape index (κ3) is 6.83. The maximum Gasteiger partial charge on any atom is 0.434 e. The van der Waals surface area contributed by atoms with Crippen LogP contribution >= 0.6 is 0 Å². The van der Waals surface area contributed by atoms with Crippen LogP contribution in [0.4, 0.5) is 19.1 Å². The number of carbonyl (C=O) groups is 2. The van der Waals surface area contributed by atoms with E-state index >= 15 is 0 Å². The van der Waals surface area contributed by atoms with Crippen LogP contribution in [0.1, 0.15) is 74.0 Å². The first kappa shape index (κ1) is 37.4. The van der Waals surface area contributed by atoms with Gasteiger partial charge in [0, 0.05) is 73.9 Å². The van der Waals surface area contributed by atoms with Gasteiger partial charge in [-0.3, -0.25) is 9.78 Å². The summed E-state index contributed by atoms with van der Waals surface area (Å²) in [4.78, 5) is 46.1. The third-order valence-electron chi connectivity index (χ3n) is 12.1. The van der Waals surface area contributed by atoms with Crippen LogP contribution in [-0.4, -0.2) is 66.2 Å². The van der Waals surface area contributed by atoms with Crippen LogP contribution in [0, 0.1) is 30.6 Å². The standard InChI is InChI=1S/C42H44F3N7O4/c1-24-17-27-19-26(3)41(39(54)55,28(18-24)20-27)50-38(53)32-7-8-34(49-37(32)42(43,44)45)33-23-52(35-9-14-46-22-25(35)2)36-21-30(5-6-31(33)36)56-29-10-15-51(16-11-29)40-47-12-4-13-48-40/h4-9,12-14,21-24,26-29H,10-11,15-20H2,1-3H3,(H,50,53)(H,54,55). The predicted octanol–water partition coefficient (Wildman–Crippen LogP) is 7.90. The number of benzene rings is 1. The number of hydrogen-bond donors (Lipinski definition) is 2. The molecule has 8 rings (SSSR count). The third-order valence-corrected chi connectivity index (χ3v) is 12.1. The summed E-state index contributed by atoms with van der Waals surface area (Å²) in [6.45, 7) is 7.19. The van der Waals surface area contributed by atoms with E-state index in [1.165, 1.54) is 6.07 Å². The van der Waals surface area contributed by atoms with Crippen molar-refractivity contribution in [1.29, 1.82) is 0 Å². The van der Waals surface area contributed by atoms with Gasteiger partial charge in [0.2, 0.25) is 5.95 Å². The van der Waals surface area contributed by atoms with Gasteiger partial charge in [-0.25, -0.2) is 19.7 Å². The molecule has 0 radical (unpaired) electrons. The zero-order valence-corrected chi connectivity index (χ0v) is 31.5. The first-order valence-electron chi connectivity index (χ1n) is 19.2. The number of piperidine rings is 1. The number of carboxylic acids is 1. The maximum absolute atomic E-state index is 14.9. The van der Waals surface area contributed by atoms with E-state index in [1.54, 1.807) is 44.0 Å². The quantitative estimate of drug-likeness (QED) is 0.162. The minimum Gasteiger partial charge on any atom is -0.490 e. The Balaban J connectivity index is 1.13. The first-order valence-corrected chi connectivity index (χ1v) is 19.2. The molecule has 2 aliphatic carbocycles. The Kier molecular flexibility index (Phi) is 9.70. The van der Waals surface area contributed by atoms with Crippen LogP contribution in [0.5, 0.6) is 5.75 Å². The zero-order chi connectivity index (χ0) is 39.4. The summed E-state index contributed by atoms with van der Waals surface area (Å²) in [6, 6.07) is 11.6. The topological polar surface area (TPSA) is 135 Å². The molecule has 4 aromatic heterocycles. The number of aryl methyl sites for hydroxylation is 1. The molecule has 1 aliphatic heterocycles. The maximum atomic E-state index is 14.9. The van der Waals surface area contributed by atoms with Crippen molar-refractivity contribution < 1.29 is 32.6 Å². The number of pyridine rings is 2. The molecular formula is C42H44F3N7O4. The molecule has 1 aromatic carbocycles. The minimum atomic E-state index is -5.01. The van der Waals surface area contributed by atoms with E-state index in [9.17, 15) is 27.9 Å². The van der Waals surface area contributed by atoms with Crippen LogP contribution in [0.2, 0.25) is 0 Å². The summed E-state index contributed by atoms with van der Waals surface area (Å²) in [5.41, 5.74) is -1.04. The van der Waals surface area contributed by atoms with Crippen LogP contribution in [-0.2, 0) is 11.0 Å². The molecule has 56 heavy (non-hydrogen) atoms. The molecule has 1 saturated heterocycles. The molecular weight excluding hydrogens is 724 g/mol. The number of rotatable bonds is 8. The molecule has 5 atom stereocenters. The van der Waals surface area contributed by atoms with E-state index in [2.05, 4.69) is 37.1 Å². The number of anilines is 1. The van der Waals surface area contributed by atoms with Crippen LogP contribution in [0.3, 0.4) is 0 Å². The lowest BCUT2D eigenvalue weighted by atomic mass is 9.56. The normalized spacial score (nSPS) is 24.2. The van der Waals surface area contributed by atoms with E-state index < -0.39 is 46.7 Å². The number of nitrogens with one attached hydrogen (secondary N) is 1. The summed E-state index contributed by atoms with van der Waals surface area (Å²) in [7, 11) is 0. The van der Waals surface area contributed by atoms with Gasteiger partial charge in [0.15, 0.2) is 5.69 Å². The van der Waals surface area contributed by atoms with E-state index in [4.69, 9.17) is 4.74 Å². The largest absolute Gasteiger partial charge is 0.490 e. The number of nitrogens with zero attached hydrogens (tertiary/aromatic N) is 6. The second kappa shape index (κ2) is 14.5. The van der Waals surface area contributed by atoms with Gasteiger partial charge in [-0.15, -0.1) is 0 Å². The number of carboxylic acid groups (broad SMARTS) is 1. The van der Waals surface area contributed by atoms with Gasteiger partial charge in [-0.05, 0) is 98.2 Å². The smallest absolute Gasteiger partial charge is 0.434 e. The number of fused-ring (bicyclic) bond motifs is 3. The molecule has 2 saturated carbocycles. The van der Waals surface area contributed by atoms with Gasteiger partial charge in [0.25, 0.3) is 5.91 Å². The lowest BCUT2D eigenvalue weighted by molar-refractivity contribution is -0.155. The number of aromatic nitrogens is 5. The fraction of sp³-hybridized carbons (Fsp3) is 0.429. The predicted molar refractivity (Wildman–Crippen MR) is 204 cm³/mol. The highest BCUT2D eigenvalue weighted by Gasteiger charge is 2.57. The Morgan fingerprint density at radius 3 is 2.46 bits per heavy atom. The molecule has 0 spiro atoms. The Labute approximate surface area is 322 Å². The van der Waals surface area contributed by atoms with E-state index in [0.29, 0.717) is 53.3 Å². The van der Waals surface area contributed by atoms with Crippen LogP contribution < -0.4 is 15.0 Å². The summed E-state index contributed by atoms with van der Waals surface area (Å²) < 4.78 is 53.1. The van der Waals surface area contributed by atoms with Crippen molar-refractivity contribution in [1.82, 2.24) is 29.8 Å². The van der Waals surface area contributed by atoms with E-state index in [1.807, 2.05) is 35.8 Å². The summed E-state index contributed by atoms with van der Waals surface area (Å²) in [5.74, 6) is -1.30. The molecule has 3 aliphatic rings. The van der Waals surface area contributed by atoms with Gasteiger partial charge in [-0.1, -0.05) is 13.8 Å². The van der Waals surface area contributed by atoms with Crippen molar-refractivity contribution in [2.45, 2.75) is 77.1 Å². The summed E-state index contributed by atoms with van der Waals surface area (Å²) in [6.07, 6.45) is 7.72. The zero-order valence-electron chi connectivity index (χ0n) is 31.5. The van der Waals surface area contributed by atoms with Crippen LogP contribution in [0.15, 0.2) is 73.4 Å². The molecule has 11 nitrogen and oxygen atoms in total.